The van der Waals surface area contributed by atoms with Crippen molar-refractivity contribution in [3.63, 3.8) is 0 Å². The van der Waals surface area contributed by atoms with E-state index in [0.29, 0.717) is 23.7 Å². The zero-order chi connectivity index (χ0) is 21.3. The van der Waals surface area contributed by atoms with Crippen molar-refractivity contribution in [1.82, 2.24) is 15.5 Å². The molecule has 9 nitrogen and oxygen atoms in total. The number of aromatic nitrogens is 2. The van der Waals surface area contributed by atoms with E-state index >= 15 is 0 Å². The van der Waals surface area contributed by atoms with E-state index in [0.717, 1.165) is 11.3 Å². The maximum atomic E-state index is 12.0. The predicted octanol–water partition coefficient (Wildman–Crippen LogP) is 3.26. The monoisotopic (exact) mass is 408 g/mol. The molecule has 1 aromatic heterocycles. The molecule has 1 amide bonds. The number of hydrogen-bond acceptors (Lipinski definition) is 7. The molecule has 9 heteroatoms. The number of carbonyl (C=O) groups is 1. The van der Waals surface area contributed by atoms with Gasteiger partial charge in [-0.05, 0) is 49.4 Å². The summed E-state index contributed by atoms with van der Waals surface area (Å²) in [7, 11) is 0. The third kappa shape index (κ3) is 5.51. The fourth-order valence-corrected chi connectivity index (χ4v) is 2.60. The summed E-state index contributed by atoms with van der Waals surface area (Å²) in [5, 5.41) is 21.5. The van der Waals surface area contributed by atoms with Gasteiger partial charge in [-0.25, -0.2) is 0 Å². The Morgan fingerprint density at radius 2 is 1.73 bits per heavy atom. The molecule has 0 fully saturated rings. The Morgan fingerprint density at radius 3 is 2.33 bits per heavy atom. The van der Waals surface area contributed by atoms with Gasteiger partial charge in [-0.1, -0.05) is 0 Å². The molecule has 0 aliphatic carbocycles. The van der Waals surface area contributed by atoms with Crippen LogP contribution in [0, 0.1) is 10.1 Å². The third-order valence-electron chi connectivity index (χ3n) is 4.08. The van der Waals surface area contributed by atoms with Crippen LogP contribution in [-0.2, 0) is 0 Å². The van der Waals surface area contributed by atoms with E-state index in [9.17, 15) is 14.9 Å². The second-order valence-corrected chi connectivity index (χ2v) is 6.12. The number of non-ortho nitro benzene ring substituents is 1. The van der Waals surface area contributed by atoms with Gasteiger partial charge in [0.05, 0.1) is 23.8 Å². The summed E-state index contributed by atoms with van der Waals surface area (Å²) < 4.78 is 10.9. The Bertz CT molecular complexity index is 989. The maximum absolute atomic E-state index is 12.0. The first kappa shape index (κ1) is 20.7. The number of nitrogens with zero attached hydrogens (tertiary/aromatic N) is 3. The zero-order valence-electron chi connectivity index (χ0n) is 16.3. The van der Waals surface area contributed by atoms with Crippen molar-refractivity contribution in [1.29, 1.82) is 0 Å². The summed E-state index contributed by atoms with van der Waals surface area (Å²) in [6.07, 6.45) is 0. The molecule has 0 saturated carbocycles. The Balaban J connectivity index is 1.46. The van der Waals surface area contributed by atoms with Gasteiger partial charge < -0.3 is 14.8 Å². The molecule has 0 atom stereocenters. The molecule has 3 aromatic rings. The molecule has 0 aliphatic heterocycles. The van der Waals surface area contributed by atoms with E-state index < -0.39 is 4.92 Å². The van der Waals surface area contributed by atoms with Crippen molar-refractivity contribution in [3.8, 4) is 22.9 Å². The Labute approximate surface area is 172 Å². The van der Waals surface area contributed by atoms with Crippen LogP contribution < -0.4 is 14.8 Å². The number of rotatable bonds is 9. The highest BCUT2D eigenvalue weighted by atomic mass is 16.6. The van der Waals surface area contributed by atoms with Gasteiger partial charge in [0.25, 0.3) is 11.6 Å². The number of ether oxygens (including phenoxy) is 2. The normalized spacial score (nSPS) is 10.3. The number of carbonyl (C=O) groups excluding carboxylic acids is 1. The van der Waals surface area contributed by atoms with Crippen molar-refractivity contribution in [2.75, 3.05) is 19.8 Å². The van der Waals surface area contributed by atoms with Gasteiger partial charge >= 0.3 is 0 Å². The van der Waals surface area contributed by atoms with Crippen LogP contribution in [0.2, 0.25) is 0 Å². The average Bonchev–Trinajstić information content (AvgIpc) is 2.78. The summed E-state index contributed by atoms with van der Waals surface area (Å²) in [4.78, 5) is 22.2. The molecule has 0 bridgehead atoms. The molecule has 0 saturated heterocycles. The molecule has 0 unspecified atom stereocenters. The Hall–Kier alpha value is -4.01. The predicted molar refractivity (Wildman–Crippen MR) is 110 cm³/mol. The smallest absolute Gasteiger partial charge is 0.269 e. The van der Waals surface area contributed by atoms with E-state index in [2.05, 4.69) is 15.5 Å². The first-order valence-corrected chi connectivity index (χ1v) is 9.29. The fourth-order valence-electron chi connectivity index (χ4n) is 2.60. The number of nitro groups is 1. The summed E-state index contributed by atoms with van der Waals surface area (Å²) in [6, 6.07) is 16.4. The number of hydrogen-bond donors (Lipinski definition) is 1. The highest BCUT2D eigenvalue weighted by Crippen LogP contribution is 2.21. The van der Waals surface area contributed by atoms with Gasteiger partial charge in [-0.3, -0.25) is 14.9 Å². The van der Waals surface area contributed by atoms with Crippen molar-refractivity contribution in [2.24, 2.45) is 0 Å². The molecule has 1 heterocycles. The summed E-state index contributed by atoms with van der Waals surface area (Å²) in [6.45, 7) is 2.99. The van der Waals surface area contributed by atoms with Crippen molar-refractivity contribution in [3.05, 3.63) is 76.3 Å². The van der Waals surface area contributed by atoms with Gasteiger partial charge in [-0.15, -0.1) is 10.2 Å². The van der Waals surface area contributed by atoms with E-state index in [4.69, 9.17) is 9.47 Å². The van der Waals surface area contributed by atoms with Crippen molar-refractivity contribution in [2.45, 2.75) is 6.92 Å². The van der Waals surface area contributed by atoms with Crippen LogP contribution in [0.25, 0.3) is 11.3 Å². The Kier molecular flexibility index (Phi) is 6.88. The quantitative estimate of drug-likeness (QED) is 0.328. The van der Waals surface area contributed by atoms with Crippen LogP contribution >= 0.6 is 0 Å². The summed E-state index contributed by atoms with van der Waals surface area (Å²) in [5.41, 5.74) is 1.88. The Morgan fingerprint density at radius 1 is 1.00 bits per heavy atom. The van der Waals surface area contributed by atoms with Crippen molar-refractivity contribution < 1.29 is 19.2 Å². The highest BCUT2D eigenvalue weighted by Gasteiger charge is 2.09. The number of nitrogens with one attached hydrogen (secondary N) is 1. The van der Waals surface area contributed by atoms with E-state index in [1.807, 2.05) is 31.2 Å². The molecular formula is C21H20N4O5. The van der Waals surface area contributed by atoms with Crippen LogP contribution in [0.3, 0.4) is 0 Å². The number of nitro benzene ring substituents is 1. The number of amides is 1. The molecule has 30 heavy (non-hydrogen) atoms. The maximum Gasteiger partial charge on any atom is 0.269 e. The minimum Gasteiger partial charge on any atom is -0.494 e. The van der Waals surface area contributed by atoms with Crippen LogP contribution in [-0.4, -0.2) is 40.8 Å². The molecule has 3 rings (SSSR count). The van der Waals surface area contributed by atoms with Gasteiger partial charge in [0.2, 0.25) is 5.88 Å². The lowest BCUT2D eigenvalue weighted by Crippen LogP contribution is -2.28. The van der Waals surface area contributed by atoms with Crippen LogP contribution in [0.15, 0.2) is 60.7 Å². The fraction of sp³-hybridized carbons (Fsp3) is 0.190. The molecule has 0 radical (unpaired) electrons. The lowest BCUT2D eigenvalue weighted by atomic mass is 10.1. The van der Waals surface area contributed by atoms with Crippen LogP contribution in [0.1, 0.15) is 17.3 Å². The lowest BCUT2D eigenvalue weighted by Gasteiger charge is -2.08. The molecule has 2 aromatic carbocycles. The molecule has 0 aliphatic rings. The zero-order valence-corrected chi connectivity index (χ0v) is 16.3. The van der Waals surface area contributed by atoms with Gasteiger partial charge in [0.15, 0.2) is 0 Å². The lowest BCUT2D eigenvalue weighted by molar-refractivity contribution is -0.384. The van der Waals surface area contributed by atoms with Gasteiger partial charge in [-0.2, -0.15) is 0 Å². The SMILES string of the molecule is CCOc1ccc(-c2ccc(OCCNC(=O)c3ccc([N+](=O)[O-])cc3)nn2)cc1. The third-order valence-corrected chi connectivity index (χ3v) is 4.08. The van der Waals surface area contributed by atoms with Gasteiger partial charge in [0.1, 0.15) is 12.4 Å². The van der Waals surface area contributed by atoms with Crippen LogP contribution in [0.5, 0.6) is 11.6 Å². The van der Waals surface area contributed by atoms with Crippen LogP contribution in [0.4, 0.5) is 5.69 Å². The minimum atomic E-state index is -0.516. The minimum absolute atomic E-state index is 0.0675. The number of benzene rings is 2. The van der Waals surface area contributed by atoms with E-state index in [1.165, 1.54) is 24.3 Å². The second kappa shape index (κ2) is 9.97. The molecule has 154 valence electrons. The molecule has 0 spiro atoms. The van der Waals surface area contributed by atoms with E-state index in [-0.39, 0.29) is 24.7 Å². The highest BCUT2D eigenvalue weighted by molar-refractivity contribution is 5.94. The average molecular weight is 408 g/mol. The van der Waals surface area contributed by atoms with Gasteiger partial charge in [0, 0.05) is 29.3 Å². The largest absolute Gasteiger partial charge is 0.494 e. The summed E-state index contributed by atoms with van der Waals surface area (Å²) in [5.74, 6) is 0.796. The topological polar surface area (TPSA) is 116 Å². The summed E-state index contributed by atoms with van der Waals surface area (Å²) >= 11 is 0. The first-order valence-electron chi connectivity index (χ1n) is 9.29. The molecular weight excluding hydrogens is 388 g/mol. The van der Waals surface area contributed by atoms with Crippen molar-refractivity contribution >= 4 is 11.6 Å². The standard InChI is InChI=1S/C21H20N4O5/c1-2-29-18-9-5-15(6-10-18)19-11-12-20(24-23-19)30-14-13-22-21(26)16-3-7-17(8-4-16)25(27)28/h3-12H,2,13-14H2,1H3,(H,22,26). The second-order valence-electron chi connectivity index (χ2n) is 6.12. The molecule has 1 N–H and O–H groups in total. The van der Waals surface area contributed by atoms with E-state index in [1.54, 1.807) is 12.1 Å². The first-order chi connectivity index (χ1) is 14.6.